The molecule has 0 fully saturated rings. The maximum absolute atomic E-state index is 4.67. The van der Waals surface area contributed by atoms with E-state index in [1.54, 1.807) is 0 Å². The topological polar surface area (TPSA) is 37.8 Å². The molecule has 2 rings (SSSR count). The van der Waals surface area contributed by atoms with E-state index in [9.17, 15) is 0 Å². The molecule has 0 unspecified atom stereocenters. The molecule has 2 aromatic rings. The maximum Gasteiger partial charge on any atom is 0.159 e. The first-order chi connectivity index (χ1) is 9.76. The monoisotopic (exact) mass is 347 g/mol. The second-order valence-electron chi connectivity index (χ2n) is 6.31. The maximum atomic E-state index is 4.67. The van der Waals surface area contributed by atoms with Gasteiger partial charge in [0.25, 0.3) is 0 Å². The van der Waals surface area contributed by atoms with Gasteiger partial charge < -0.3 is 5.32 Å². The summed E-state index contributed by atoms with van der Waals surface area (Å²) in [5, 5.41) is 3.50. The number of aromatic nitrogens is 2. The predicted molar refractivity (Wildman–Crippen MR) is 91.2 cm³/mol. The Morgan fingerprint density at radius 2 is 1.71 bits per heavy atom. The minimum atomic E-state index is 0.0852. The molecule has 1 aromatic heterocycles. The molecule has 0 bridgehead atoms. The van der Waals surface area contributed by atoms with E-state index >= 15 is 0 Å². The van der Waals surface area contributed by atoms with Gasteiger partial charge in [0.1, 0.15) is 0 Å². The zero-order valence-electron chi connectivity index (χ0n) is 13.3. The Kier molecular flexibility index (Phi) is 4.79. The van der Waals surface area contributed by atoms with E-state index in [4.69, 9.17) is 0 Å². The lowest BCUT2D eigenvalue weighted by Gasteiger charge is -2.22. The summed E-state index contributed by atoms with van der Waals surface area (Å²) in [7, 11) is 0. The molecule has 1 heterocycles. The Hall–Kier alpha value is -1.26. The van der Waals surface area contributed by atoms with Gasteiger partial charge in [0.05, 0.1) is 0 Å². The van der Waals surface area contributed by atoms with Crippen LogP contribution in [0, 0.1) is 13.8 Å². The molecule has 112 valence electrons. The van der Waals surface area contributed by atoms with Gasteiger partial charge in [-0.25, -0.2) is 9.97 Å². The lowest BCUT2D eigenvalue weighted by atomic mass is 10.1. The van der Waals surface area contributed by atoms with Gasteiger partial charge in [0.15, 0.2) is 5.82 Å². The predicted octanol–water partition coefficient (Wildman–Crippen LogP) is 4.41. The normalized spacial score (nSPS) is 11.7. The van der Waals surface area contributed by atoms with Crippen LogP contribution >= 0.6 is 15.9 Å². The van der Waals surface area contributed by atoms with Crippen LogP contribution in [-0.4, -0.2) is 15.5 Å². The zero-order chi connectivity index (χ0) is 15.6. The van der Waals surface area contributed by atoms with Crippen molar-refractivity contribution in [1.82, 2.24) is 15.3 Å². The number of halogens is 1. The van der Waals surface area contributed by atoms with E-state index in [-0.39, 0.29) is 5.54 Å². The van der Waals surface area contributed by atoms with Crippen molar-refractivity contribution in [2.45, 2.75) is 46.7 Å². The average molecular weight is 348 g/mol. The minimum absolute atomic E-state index is 0.0852. The smallest absolute Gasteiger partial charge is 0.159 e. The molecule has 0 saturated heterocycles. The van der Waals surface area contributed by atoms with Crippen LogP contribution in [-0.2, 0) is 6.54 Å². The summed E-state index contributed by atoms with van der Waals surface area (Å²) >= 11 is 3.49. The van der Waals surface area contributed by atoms with Crippen LogP contribution in [0.5, 0.6) is 0 Å². The standard InChI is InChI=1S/C17H22BrN3/c1-11-15(10-19-17(3,4)5)12(2)21-16(20-11)13-7-6-8-14(18)9-13/h6-9,19H,10H2,1-5H3. The largest absolute Gasteiger partial charge is 0.308 e. The Labute approximate surface area is 135 Å². The number of nitrogens with zero attached hydrogens (tertiary/aromatic N) is 2. The highest BCUT2D eigenvalue weighted by atomic mass is 79.9. The molecule has 0 aliphatic heterocycles. The second kappa shape index (κ2) is 6.24. The van der Waals surface area contributed by atoms with Crippen molar-refractivity contribution in [1.29, 1.82) is 0 Å². The van der Waals surface area contributed by atoms with Gasteiger partial charge in [-0.15, -0.1) is 0 Å². The van der Waals surface area contributed by atoms with Gasteiger partial charge in [-0.1, -0.05) is 28.1 Å². The number of aryl methyl sites for hydroxylation is 2. The molecular weight excluding hydrogens is 326 g/mol. The molecule has 0 aliphatic carbocycles. The Bertz CT molecular complexity index is 622. The first-order valence-electron chi connectivity index (χ1n) is 7.11. The number of hydrogen-bond acceptors (Lipinski definition) is 3. The molecule has 0 spiro atoms. The fraction of sp³-hybridized carbons (Fsp3) is 0.412. The molecular formula is C17H22BrN3. The molecule has 1 N–H and O–H groups in total. The minimum Gasteiger partial charge on any atom is -0.308 e. The first-order valence-corrected chi connectivity index (χ1v) is 7.90. The van der Waals surface area contributed by atoms with Crippen LogP contribution in [0.2, 0.25) is 0 Å². The number of benzene rings is 1. The lowest BCUT2D eigenvalue weighted by Crippen LogP contribution is -2.35. The van der Waals surface area contributed by atoms with E-state index in [0.717, 1.165) is 33.8 Å². The van der Waals surface area contributed by atoms with Crippen molar-refractivity contribution in [3.8, 4) is 11.4 Å². The fourth-order valence-corrected chi connectivity index (χ4v) is 2.50. The van der Waals surface area contributed by atoms with Crippen LogP contribution in [0.3, 0.4) is 0 Å². The van der Waals surface area contributed by atoms with E-state index in [1.807, 2.05) is 24.3 Å². The zero-order valence-corrected chi connectivity index (χ0v) is 14.9. The third kappa shape index (κ3) is 4.35. The van der Waals surface area contributed by atoms with Gasteiger partial charge in [-0.05, 0) is 46.8 Å². The number of nitrogens with one attached hydrogen (secondary N) is 1. The van der Waals surface area contributed by atoms with Crippen molar-refractivity contribution in [2.75, 3.05) is 0 Å². The first kappa shape index (κ1) is 16.1. The van der Waals surface area contributed by atoms with Crippen molar-refractivity contribution in [3.63, 3.8) is 0 Å². The van der Waals surface area contributed by atoms with Crippen molar-refractivity contribution >= 4 is 15.9 Å². The molecule has 21 heavy (non-hydrogen) atoms. The van der Waals surface area contributed by atoms with E-state index < -0.39 is 0 Å². The summed E-state index contributed by atoms with van der Waals surface area (Å²) in [6.45, 7) is 11.4. The highest BCUT2D eigenvalue weighted by Crippen LogP contribution is 2.22. The molecule has 0 amide bonds. The summed E-state index contributed by atoms with van der Waals surface area (Å²) < 4.78 is 1.04. The molecule has 0 radical (unpaired) electrons. The van der Waals surface area contributed by atoms with Crippen LogP contribution in [0.25, 0.3) is 11.4 Å². The fourth-order valence-electron chi connectivity index (χ4n) is 2.11. The molecule has 0 atom stereocenters. The van der Waals surface area contributed by atoms with Crippen LogP contribution in [0.4, 0.5) is 0 Å². The van der Waals surface area contributed by atoms with Crippen LogP contribution in [0.1, 0.15) is 37.7 Å². The summed E-state index contributed by atoms with van der Waals surface area (Å²) in [6.07, 6.45) is 0. The lowest BCUT2D eigenvalue weighted by molar-refractivity contribution is 0.422. The summed E-state index contributed by atoms with van der Waals surface area (Å²) in [5.74, 6) is 0.783. The Morgan fingerprint density at radius 1 is 1.10 bits per heavy atom. The molecule has 3 nitrogen and oxygen atoms in total. The van der Waals surface area contributed by atoms with Crippen LogP contribution in [0.15, 0.2) is 28.7 Å². The van der Waals surface area contributed by atoms with Gasteiger partial charge in [0, 0.05) is 39.1 Å². The van der Waals surface area contributed by atoms with Gasteiger partial charge in [-0.2, -0.15) is 0 Å². The van der Waals surface area contributed by atoms with E-state index in [0.29, 0.717) is 0 Å². The van der Waals surface area contributed by atoms with E-state index in [2.05, 4.69) is 65.8 Å². The Morgan fingerprint density at radius 3 is 2.24 bits per heavy atom. The Balaban J connectivity index is 2.33. The third-order valence-electron chi connectivity index (χ3n) is 3.30. The van der Waals surface area contributed by atoms with Gasteiger partial charge >= 0.3 is 0 Å². The number of hydrogen-bond donors (Lipinski definition) is 1. The third-order valence-corrected chi connectivity index (χ3v) is 3.79. The molecule has 1 aromatic carbocycles. The van der Waals surface area contributed by atoms with Crippen molar-refractivity contribution < 1.29 is 0 Å². The quantitative estimate of drug-likeness (QED) is 0.893. The molecule has 0 saturated carbocycles. The van der Waals surface area contributed by atoms with Gasteiger partial charge in [0.2, 0.25) is 0 Å². The van der Waals surface area contributed by atoms with Crippen molar-refractivity contribution in [3.05, 3.63) is 45.7 Å². The van der Waals surface area contributed by atoms with Gasteiger partial charge in [-0.3, -0.25) is 0 Å². The number of rotatable bonds is 3. The van der Waals surface area contributed by atoms with Crippen LogP contribution < -0.4 is 5.32 Å². The highest BCUT2D eigenvalue weighted by molar-refractivity contribution is 9.10. The summed E-state index contributed by atoms with van der Waals surface area (Å²) in [4.78, 5) is 9.35. The van der Waals surface area contributed by atoms with E-state index in [1.165, 1.54) is 5.56 Å². The average Bonchev–Trinajstić information content (AvgIpc) is 2.36. The van der Waals surface area contributed by atoms with Crippen molar-refractivity contribution in [2.24, 2.45) is 0 Å². The SMILES string of the molecule is Cc1nc(-c2cccc(Br)c2)nc(C)c1CNC(C)(C)C. The molecule has 4 heteroatoms. The molecule has 0 aliphatic rings. The summed E-state index contributed by atoms with van der Waals surface area (Å²) in [5.41, 5.74) is 4.38. The highest BCUT2D eigenvalue weighted by Gasteiger charge is 2.14. The second-order valence-corrected chi connectivity index (χ2v) is 7.23. The summed E-state index contributed by atoms with van der Waals surface area (Å²) in [6, 6.07) is 8.08.